The number of hydrogen-bond donors (Lipinski definition) is 0. The van der Waals surface area contributed by atoms with Gasteiger partial charge in [0.05, 0.1) is 0 Å². The highest BCUT2D eigenvalue weighted by molar-refractivity contribution is 8.00. The molecule has 0 aromatic rings. The van der Waals surface area contributed by atoms with Crippen molar-refractivity contribution in [3.63, 3.8) is 0 Å². The molecule has 3 atom stereocenters. The predicted octanol–water partition coefficient (Wildman–Crippen LogP) is 2.53. The van der Waals surface area contributed by atoms with E-state index in [9.17, 15) is 0 Å². The number of rotatable bonds is 0. The average molecular weight is 197 g/mol. The van der Waals surface area contributed by atoms with E-state index in [0.717, 1.165) is 17.3 Å². The Bertz CT molecular complexity index is 224. The molecular weight excluding hydrogens is 178 g/mol. The quantitative estimate of drug-likeness (QED) is 0.549. The smallest absolute Gasteiger partial charge is 0.0424 e. The Labute approximate surface area is 85.6 Å². The monoisotopic (exact) mass is 197 g/mol. The molecule has 0 aromatic carbocycles. The molecule has 2 aliphatic heterocycles. The zero-order chi connectivity index (χ0) is 9.42. The molecule has 0 bridgehead atoms. The first-order valence-corrected chi connectivity index (χ1v) is 6.29. The normalized spacial score (nSPS) is 41.2. The van der Waals surface area contributed by atoms with E-state index >= 15 is 0 Å². The maximum Gasteiger partial charge on any atom is 0.0424 e. The van der Waals surface area contributed by atoms with E-state index in [1.54, 1.807) is 5.57 Å². The first kappa shape index (κ1) is 9.60. The van der Waals surface area contributed by atoms with Crippen molar-refractivity contribution in [2.75, 3.05) is 12.3 Å². The van der Waals surface area contributed by atoms with Gasteiger partial charge in [0.1, 0.15) is 0 Å². The second-order valence-electron chi connectivity index (χ2n) is 4.29. The van der Waals surface area contributed by atoms with Gasteiger partial charge in [-0.05, 0) is 20.3 Å². The van der Waals surface area contributed by atoms with Crippen LogP contribution in [0.5, 0.6) is 0 Å². The summed E-state index contributed by atoms with van der Waals surface area (Å²) in [5.41, 5.74) is 1.60. The zero-order valence-electron chi connectivity index (χ0n) is 8.79. The summed E-state index contributed by atoms with van der Waals surface area (Å²) in [4.78, 5) is 2.69. The minimum Gasteiger partial charge on any atom is -0.292 e. The van der Waals surface area contributed by atoms with Crippen molar-refractivity contribution in [2.45, 2.75) is 44.5 Å². The molecule has 0 aromatic heterocycles. The molecule has 2 aliphatic rings. The maximum atomic E-state index is 2.69. The summed E-state index contributed by atoms with van der Waals surface area (Å²) in [5.74, 6) is 1.31. The van der Waals surface area contributed by atoms with Gasteiger partial charge in [0.15, 0.2) is 0 Å². The first-order chi connectivity index (χ1) is 6.20. The summed E-state index contributed by atoms with van der Waals surface area (Å²) in [7, 11) is 0. The second kappa shape index (κ2) is 3.66. The van der Waals surface area contributed by atoms with Crippen LogP contribution in [0.4, 0.5) is 0 Å². The Hall–Kier alpha value is 0.0500. The van der Waals surface area contributed by atoms with Crippen LogP contribution < -0.4 is 0 Å². The highest BCUT2D eigenvalue weighted by atomic mass is 32.2. The Morgan fingerprint density at radius 3 is 2.92 bits per heavy atom. The van der Waals surface area contributed by atoms with Crippen molar-refractivity contribution in [3.05, 3.63) is 11.6 Å². The number of thioether (sulfide) groups is 1. The van der Waals surface area contributed by atoms with E-state index < -0.39 is 0 Å². The highest BCUT2D eigenvalue weighted by Gasteiger charge is 2.34. The van der Waals surface area contributed by atoms with E-state index in [4.69, 9.17) is 0 Å². The lowest BCUT2D eigenvalue weighted by molar-refractivity contribution is 0.156. The molecule has 2 heteroatoms. The molecule has 74 valence electrons. The van der Waals surface area contributed by atoms with E-state index in [1.165, 1.54) is 18.7 Å². The molecule has 1 fully saturated rings. The van der Waals surface area contributed by atoms with Crippen LogP contribution in [-0.2, 0) is 0 Å². The minimum absolute atomic E-state index is 0.725. The molecule has 13 heavy (non-hydrogen) atoms. The lowest BCUT2D eigenvalue weighted by Gasteiger charge is -2.46. The van der Waals surface area contributed by atoms with Gasteiger partial charge in [-0.15, -0.1) is 0 Å². The SMILES string of the molecule is CC1=CCC(C)N2CCSC(C)C12. The Balaban J connectivity index is 2.22. The van der Waals surface area contributed by atoms with E-state index in [2.05, 4.69) is 43.5 Å². The number of fused-ring (bicyclic) bond motifs is 1. The largest absolute Gasteiger partial charge is 0.292 e. The van der Waals surface area contributed by atoms with Gasteiger partial charge in [0.25, 0.3) is 0 Å². The lowest BCUT2D eigenvalue weighted by atomic mass is 9.94. The minimum atomic E-state index is 0.725. The summed E-state index contributed by atoms with van der Waals surface area (Å²) < 4.78 is 0. The molecule has 0 saturated carbocycles. The van der Waals surface area contributed by atoms with Crippen LogP contribution in [0.15, 0.2) is 11.6 Å². The molecule has 0 N–H and O–H groups in total. The van der Waals surface area contributed by atoms with Crippen molar-refractivity contribution in [1.29, 1.82) is 0 Å². The zero-order valence-corrected chi connectivity index (χ0v) is 9.60. The third-order valence-electron chi connectivity index (χ3n) is 3.35. The van der Waals surface area contributed by atoms with Crippen molar-refractivity contribution < 1.29 is 0 Å². The summed E-state index contributed by atoms with van der Waals surface area (Å²) in [6.07, 6.45) is 3.69. The van der Waals surface area contributed by atoms with E-state index in [-0.39, 0.29) is 0 Å². The maximum absolute atomic E-state index is 2.69. The molecule has 0 amide bonds. The predicted molar refractivity (Wildman–Crippen MR) is 60.3 cm³/mol. The fourth-order valence-electron chi connectivity index (χ4n) is 2.58. The van der Waals surface area contributed by atoms with E-state index in [1.807, 2.05) is 0 Å². The third kappa shape index (κ3) is 1.66. The average Bonchev–Trinajstić information content (AvgIpc) is 2.12. The van der Waals surface area contributed by atoms with Crippen LogP contribution in [0.2, 0.25) is 0 Å². The highest BCUT2D eigenvalue weighted by Crippen LogP contribution is 2.34. The van der Waals surface area contributed by atoms with Crippen molar-refractivity contribution in [2.24, 2.45) is 0 Å². The van der Waals surface area contributed by atoms with Crippen LogP contribution in [0.1, 0.15) is 27.2 Å². The van der Waals surface area contributed by atoms with E-state index in [0.29, 0.717) is 0 Å². The van der Waals surface area contributed by atoms with Crippen LogP contribution >= 0.6 is 11.8 Å². The van der Waals surface area contributed by atoms with Crippen LogP contribution in [0.25, 0.3) is 0 Å². The standard InChI is InChI=1S/C11H19NS/c1-8-4-5-9(2)12-6-7-13-10(3)11(8)12/h4,9-11H,5-7H2,1-3H3. The number of nitrogens with zero attached hydrogens (tertiary/aromatic N) is 1. The van der Waals surface area contributed by atoms with Gasteiger partial charge in [0.2, 0.25) is 0 Å². The molecule has 0 aliphatic carbocycles. The van der Waals surface area contributed by atoms with Gasteiger partial charge in [0, 0.05) is 29.6 Å². The summed E-state index contributed by atoms with van der Waals surface area (Å²) >= 11 is 2.13. The van der Waals surface area contributed by atoms with Crippen LogP contribution in [-0.4, -0.2) is 34.5 Å². The molecule has 0 radical (unpaired) electrons. The van der Waals surface area contributed by atoms with Gasteiger partial charge in [-0.3, -0.25) is 4.90 Å². The van der Waals surface area contributed by atoms with Gasteiger partial charge < -0.3 is 0 Å². The third-order valence-corrected chi connectivity index (χ3v) is 4.55. The van der Waals surface area contributed by atoms with Gasteiger partial charge in [-0.25, -0.2) is 0 Å². The fraction of sp³-hybridized carbons (Fsp3) is 0.818. The Morgan fingerprint density at radius 2 is 2.23 bits per heavy atom. The molecule has 1 saturated heterocycles. The Morgan fingerprint density at radius 1 is 1.46 bits per heavy atom. The lowest BCUT2D eigenvalue weighted by Crippen LogP contribution is -2.52. The molecule has 1 nitrogen and oxygen atoms in total. The van der Waals surface area contributed by atoms with Gasteiger partial charge >= 0.3 is 0 Å². The van der Waals surface area contributed by atoms with Crippen molar-refractivity contribution >= 4 is 11.8 Å². The first-order valence-electron chi connectivity index (χ1n) is 5.24. The van der Waals surface area contributed by atoms with Crippen LogP contribution in [0.3, 0.4) is 0 Å². The summed E-state index contributed by atoms with van der Waals surface area (Å²) in [5, 5.41) is 0.785. The topological polar surface area (TPSA) is 3.24 Å². The molecule has 2 rings (SSSR count). The van der Waals surface area contributed by atoms with Gasteiger partial charge in [-0.2, -0.15) is 11.8 Å². The molecular formula is C11H19NS. The fourth-order valence-corrected chi connectivity index (χ4v) is 3.82. The van der Waals surface area contributed by atoms with Crippen molar-refractivity contribution in [1.82, 2.24) is 4.90 Å². The molecule has 2 heterocycles. The molecule has 3 unspecified atom stereocenters. The van der Waals surface area contributed by atoms with Gasteiger partial charge in [-0.1, -0.05) is 18.6 Å². The number of hydrogen-bond acceptors (Lipinski definition) is 2. The Kier molecular flexibility index (Phi) is 2.70. The summed E-state index contributed by atoms with van der Waals surface area (Å²) in [6.45, 7) is 8.31. The second-order valence-corrected chi connectivity index (χ2v) is 5.78. The van der Waals surface area contributed by atoms with Crippen molar-refractivity contribution in [3.8, 4) is 0 Å². The molecule has 0 spiro atoms. The van der Waals surface area contributed by atoms with Crippen LogP contribution in [0, 0.1) is 0 Å². The summed E-state index contributed by atoms with van der Waals surface area (Å²) in [6, 6.07) is 1.49.